The Balaban J connectivity index is 1.81. The molecule has 131 valence electrons. The minimum Gasteiger partial charge on any atom is -0.493 e. The van der Waals surface area contributed by atoms with Crippen LogP contribution in [0.25, 0.3) is 22.2 Å². The molecule has 5 heteroatoms. The van der Waals surface area contributed by atoms with Crippen LogP contribution >= 0.6 is 0 Å². The second kappa shape index (κ2) is 6.76. The van der Waals surface area contributed by atoms with Gasteiger partial charge >= 0.3 is 0 Å². The van der Waals surface area contributed by atoms with Crippen molar-refractivity contribution in [1.29, 1.82) is 0 Å². The number of fused-ring (bicyclic) bond motifs is 1. The number of pyridine rings is 1. The van der Waals surface area contributed by atoms with Gasteiger partial charge in [0.05, 0.1) is 17.9 Å². The highest BCUT2D eigenvalue weighted by atomic mass is 16.5. The molecule has 3 rings (SSSR count). The monoisotopic (exact) mass is 338 g/mol. The predicted molar refractivity (Wildman–Crippen MR) is 101 cm³/mol. The van der Waals surface area contributed by atoms with Crippen LogP contribution in [-0.2, 0) is 0 Å². The molecule has 0 amide bonds. The van der Waals surface area contributed by atoms with Crippen molar-refractivity contribution in [1.82, 2.24) is 14.9 Å². The Morgan fingerprint density at radius 3 is 2.76 bits per heavy atom. The first-order valence-corrected chi connectivity index (χ1v) is 8.33. The number of aromatic nitrogens is 2. The van der Waals surface area contributed by atoms with Crippen molar-refractivity contribution >= 4 is 10.9 Å². The van der Waals surface area contributed by atoms with E-state index in [4.69, 9.17) is 4.74 Å². The quantitative estimate of drug-likeness (QED) is 0.725. The average Bonchev–Trinajstić information content (AvgIpc) is 2.95. The topological polar surface area (TPSA) is 61.1 Å². The molecule has 0 bridgehead atoms. The van der Waals surface area contributed by atoms with Crippen LogP contribution < -0.4 is 10.3 Å². The third-order valence-electron chi connectivity index (χ3n) is 4.02. The molecular weight excluding hydrogens is 314 g/mol. The summed E-state index contributed by atoms with van der Waals surface area (Å²) in [4.78, 5) is 20.0. The van der Waals surface area contributed by atoms with Crippen molar-refractivity contribution in [3.05, 3.63) is 52.9 Å². The van der Waals surface area contributed by atoms with E-state index in [1.165, 1.54) is 6.20 Å². The third kappa shape index (κ3) is 4.12. The standard InChI is InChI=1S/C20H24N3O2/c1-20(2,12-23(3)4)13-25-15-7-8-17-14(10-15)11-18(22-17)16-6-5-9-21-19(16)24/h6-11,22H,12-13H2,1-4H3,(H,21,24). The first-order valence-electron chi connectivity index (χ1n) is 8.33. The maximum Gasteiger partial charge on any atom is 0.257 e. The van der Waals surface area contributed by atoms with Crippen molar-refractivity contribution in [3.8, 4) is 17.0 Å². The van der Waals surface area contributed by atoms with Gasteiger partial charge in [0.25, 0.3) is 5.56 Å². The summed E-state index contributed by atoms with van der Waals surface area (Å²) in [6, 6.07) is 12.5. The van der Waals surface area contributed by atoms with Crippen molar-refractivity contribution in [2.45, 2.75) is 13.8 Å². The summed E-state index contributed by atoms with van der Waals surface area (Å²) in [7, 11) is 4.13. The number of benzene rings is 1. The average molecular weight is 338 g/mol. The SMILES string of the molecule is CN(C)CC(C)(C)COc1ccc2[nH]c(-c3c[c]c[nH]c3=O)cc2c1. The van der Waals surface area contributed by atoms with Gasteiger partial charge in [-0.15, -0.1) is 0 Å². The molecule has 2 aromatic heterocycles. The van der Waals surface area contributed by atoms with Crippen LogP contribution in [0.4, 0.5) is 0 Å². The van der Waals surface area contributed by atoms with Gasteiger partial charge in [-0.25, -0.2) is 0 Å². The molecule has 0 unspecified atom stereocenters. The molecule has 25 heavy (non-hydrogen) atoms. The van der Waals surface area contributed by atoms with E-state index in [0.717, 1.165) is 28.9 Å². The lowest BCUT2D eigenvalue weighted by atomic mass is 9.94. The van der Waals surface area contributed by atoms with Crippen LogP contribution in [0.5, 0.6) is 5.75 Å². The molecule has 3 aromatic rings. The van der Waals surface area contributed by atoms with Gasteiger partial charge in [-0.3, -0.25) is 4.79 Å². The Bertz CT molecular complexity index is 922. The van der Waals surface area contributed by atoms with Gasteiger partial charge in [0.2, 0.25) is 0 Å². The third-order valence-corrected chi connectivity index (χ3v) is 4.02. The fraction of sp³-hybridized carbons (Fsp3) is 0.350. The summed E-state index contributed by atoms with van der Waals surface area (Å²) >= 11 is 0. The predicted octanol–water partition coefficient (Wildman–Crippen LogP) is 3.29. The Hall–Kier alpha value is -2.53. The minimum absolute atomic E-state index is 0.0644. The van der Waals surface area contributed by atoms with Crippen LogP contribution in [-0.4, -0.2) is 42.1 Å². The Morgan fingerprint density at radius 1 is 1.24 bits per heavy atom. The van der Waals surface area contributed by atoms with Crippen molar-refractivity contribution < 1.29 is 4.74 Å². The van der Waals surface area contributed by atoms with Crippen molar-refractivity contribution in [2.75, 3.05) is 27.2 Å². The molecule has 0 spiro atoms. The highest BCUT2D eigenvalue weighted by Gasteiger charge is 2.20. The number of hydrogen-bond acceptors (Lipinski definition) is 3. The second-order valence-electron chi connectivity index (χ2n) is 7.47. The van der Waals surface area contributed by atoms with Gasteiger partial charge in [-0.1, -0.05) is 13.8 Å². The van der Waals surface area contributed by atoms with Crippen LogP contribution in [0.2, 0.25) is 0 Å². The van der Waals surface area contributed by atoms with E-state index in [9.17, 15) is 4.79 Å². The number of ether oxygens (including phenoxy) is 1. The molecule has 5 nitrogen and oxygen atoms in total. The van der Waals surface area contributed by atoms with E-state index in [-0.39, 0.29) is 11.0 Å². The molecule has 0 atom stereocenters. The number of nitrogens with one attached hydrogen (secondary N) is 2. The number of H-pyrrole nitrogens is 2. The molecule has 1 aromatic carbocycles. The molecule has 0 aliphatic carbocycles. The van der Waals surface area contributed by atoms with Crippen LogP contribution in [0.1, 0.15) is 13.8 Å². The van der Waals surface area contributed by atoms with Gasteiger partial charge in [-0.2, -0.15) is 0 Å². The molecule has 0 saturated heterocycles. The van der Waals surface area contributed by atoms with E-state index >= 15 is 0 Å². The lowest BCUT2D eigenvalue weighted by Crippen LogP contribution is -2.33. The van der Waals surface area contributed by atoms with Crippen LogP contribution in [0.15, 0.2) is 41.3 Å². The Morgan fingerprint density at radius 2 is 2.04 bits per heavy atom. The smallest absolute Gasteiger partial charge is 0.257 e. The summed E-state index contributed by atoms with van der Waals surface area (Å²) < 4.78 is 6.00. The highest BCUT2D eigenvalue weighted by Crippen LogP contribution is 2.27. The summed E-state index contributed by atoms with van der Waals surface area (Å²) in [6.45, 7) is 5.98. The molecule has 0 fully saturated rings. The summed E-state index contributed by atoms with van der Waals surface area (Å²) in [5.41, 5.74) is 2.26. The Labute approximate surface area is 147 Å². The fourth-order valence-electron chi connectivity index (χ4n) is 3.10. The molecule has 0 aliphatic heterocycles. The maximum absolute atomic E-state index is 11.9. The van der Waals surface area contributed by atoms with E-state index in [0.29, 0.717) is 12.2 Å². The number of rotatable bonds is 6. The van der Waals surface area contributed by atoms with E-state index in [1.807, 2.05) is 24.3 Å². The second-order valence-corrected chi connectivity index (χ2v) is 7.47. The fourth-order valence-corrected chi connectivity index (χ4v) is 3.10. The molecule has 0 aliphatic rings. The maximum atomic E-state index is 11.9. The van der Waals surface area contributed by atoms with Gasteiger partial charge in [0, 0.05) is 35.1 Å². The molecule has 1 radical (unpaired) electrons. The largest absolute Gasteiger partial charge is 0.493 e. The van der Waals surface area contributed by atoms with Gasteiger partial charge in [-0.05, 0) is 44.4 Å². The summed E-state index contributed by atoms with van der Waals surface area (Å²) in [6.07, 6.45) is 1.51. The first-order chi connectivity index (χ1) is 11.8. The normalized spacial score (nSPS) is 12.0. The van der Waals surface area contributed by atoms with Gasteiger partial charge in [0.1, 0.15) is 5.75 Å². The zero-order valence-corrected chi connectivity index (χ0v) is 15.1. The highest BCUT2D eigenvalue weighted by molar-refractivity contribution is 5.86. The Kier molecular flexibility index (Phi) is 4.68. The van der Waals surface area contributed by atoms with Crippen molar-refractivity contribution in [2.24, 2.45) is 5.41 Å². The minimum atomic E-state index is -0.132. The molecule has 2 N–H and O–H groups in total. The van der Waals surface area contributed by atoms with E-state index in [1.54, 1.807) is 6.07 Å². The zero-order valence-electron chi connectivity index (χ0n) is 15.1. The lowest BCUT2D eigenvalue weighted by molar-refractivity contribution is 0.141. The number of aromatic amines is 2. The summed E-state index contributed by atoms with van der Waals surface area (Å²) in [5.74, 6) is 0.832. The van der Waals surface area contributed by atoms with Gasteiger partial charge < -0.3 is 19.6 Å². The van der Waals surface area contributed by atoms with E-state index < -0.39 is 0 Å². The zero-order chi connectivity index (χ0) is 18.0. The number of nitrogens with zero attached hydrogens (tertiary/aromatic N) is 1. The van der Waals surface area contributed by atoms with E-state index in [2.05, 4.69) is 48.9 Å². The molecule has 2 heterocycles. The molecular formula is C20H24N3O2. The number of hydrogen-bond donors (Lipinski definition) is 2. The van der Waals surface area contributed by atoms with Crippen LogP contribution in [0.3, 0.4) is 0 Å². The lowest BCUT2D eigenvalue weighted by Gasteiger charge is -2.28. The molecule has 0 saturated carbocycles. The van der Waals surface area contributed by atoms with Gasteiger partial charge in [0.15, 0.2) is 0 Å². The summed E-state index contributed by atoms with van der Waals surface area (Å²) in [5, 5.41) is 1.01. The first kappa shape index (κ1) is 17.3. The van der Waals surface area contributed by atoms with Crippen molar-refractivity contribution in [3.63, 3.8) is 0 Å². The van der Waals surface area contributed by atoms with Crippen LogP contribution in [0, 0.1) is 11.5 Å².